The summed E-state index contributed by atoms with van der Waals surface area (Å²) in [4.78, 5) is 14.4. The molecule has 0 saturated carbocycles. The number of hydrogen-bond acceptors (Lipinski definition) is 4. The minimum Gasteiger partial charge on any atom is -0.351 e. The second-order valence-electron chi connectivity index (χ2n) is 2.83. The predicted molar refractivity (Wildman–Crippen MR) is 54.8 cm³/mol. The predicted octanol–water partition coefficient (Wildman–Crippen LogP) is 0.645. The molecule has 1 aromatic heterocycles. The Hall–Kier alpha value is -1.14. The van der Waals surface area contributed by atoms with Gasteiger partial charge in [-0.15, -0.1) is 0 Å². The van der Waals surface area contributed by atoms with Gasteiger partial charge < -0.3 is 5.32 Å². The number of nitrogens with one attached hydrogen (secondary N) is 1. The van der Waals surface area contributed by atoms with Gasteiger partial charge in [-0.05, 0) is 12.1 Å². The van der Waals surface area contributed by atoms with E-state index in [-0.39, 0.29) is 17.3 Å². The lowest BCUT2D eigenvalue weighted by Gasteiger charge is -2.01. The highest BCUT2D eigenvalue weighted by atomic mass is 35.7. The Kier molecular flexibility index (Phi) is 3.65. The van der Waals surface area contributed by atoms with Gasteiger partial charge in [-0.1, -0.05) is 0 Å². The SMILES string of the molecule is CC(=O)NCc1ccc(S(=O)(=O)Cl)cn1. The molecule has 82 valence electrons. The van der Waals surface area contributed by atoms with Gasteiger partial charge in [-0.25, -0.2) is 8.42 Å². The Bertz CT molecular complexity index is 455. The third kappa shape index (κ3) is 3.85. The fourth-order valence-electron chi connectivity index (χ4n) is 0.875. The minimum atomic E-state index is -3.73. The van der Waals surface area contributed by atoms with Gasteiger partial charge in [0.05, 0.1) is 12.2 Å². The molecule has 0 aliphatic rings. The first-order chi connectivity index (χ1) is 6.89. The zero-order valence-corrected chi connectivity index (χ0v) is 9.47. The van der Waals surface area contributed by atoms with E-state index < -0.39 is 9.05 Å². The Morgan fingerprint density at radius 1 is 1.53 bits per heavy atom. The van der Waals surface area contributed by atoms with Crippen LogP contribution in [0.3, 0.4) is 0 Å². The number of pyridine rings is 1. The van der Waals surface area contributed by atoms with Crippen LogP contribution in [0.4, 0.5) is 0 Å². The van der Waals surface area contributed by atoms with Gasteiger partial charge >= 0.3 is 0 Å². The van der Waals surface area contributed by atoms with Crippen molar-refractivity contribution in [2.24, 2.45) is 0 Å². The number of aromatic nitrogens is 1. The molecule has 0 saturated heterocycles. The summed E-state index contributed by atoms with van der Waals surface area (Å²) < 4.78 is 21.7. The maximum atomic E-state index is 10.9. The molecule has 0 unspecified atom stereocenters. The third-order valence-corrected chi connectivity index (χ3v) is 2.94. The maximum absolute atomic E-state index is 10.9. The Morgan fingerprint density at radius 2 is 2.20 bits per heavy atom. The fraction of sp³-hybridized carbons (Fsp3) is 0.250. The van der Waals surface area contributed by atoms with Crippen LogP contribution in [0.5, 0.6) is 0 Å². The van der Waals surface area contributed by atoms with Crippen molar-refractivity contribution < 1.29 is 13.2 Å². The van der Waals surface area contributed by atoms with Crippen molar-refractivity contribution in [2.75, 3.05) is 0 Å². The van der Waals surface area contributed by atoms with Gasteiger partial charge in [0.1, 0.15) is 4.90 Å². The number of rotatable bonds is 3. The first-order valence-electron chi connectivity index (χ1n) is 4.03. The quantitative estimate of drug-likeness (QED) is 0.797. The van der Waals surface area contributed by atoms with E-state index in [4.69, 9.17) is 10.7 Å². The normalized spacial score (nSPS) is 11.1. The van der Waals surface area contributed by atoms with E-state index in [1.54, 1.807) is 0 Å². The zero-order chi connectivity index (χ0) is 11.5. The molecule has 0 aromatic carbocycles. The summed E-state index contributed by atoms with van der Waals surface area (Å²) in [6.07, 6.45) is 1.15. The molecule has 5 nitrogen and oxygen atoms in total. The van der Waals surface area contributed by atoms with E-state index in [1.165, 1.54) is 19.1 Å². The summed E-state index contributed by atoms with van der Waals surface area (Å²) in [5, 5.41) is 2.54. The van der Waals surface area contributed by atoms with Crippen LogP contribution in [0, 0.1) is 0 Å². The topological polar surface area (TPSA) is 76.1 Å². The lowest BCUT2D eigenvalue weighted by atomic mass is 10.3. The lowest BCUT2D eigenvalue weighted by Crippen LogP contribution is -2.19. The Balaban J connectivity index is 2.77. The van der Waals surface area contributed by atoms with Gasteiger partial charge in [0, 0.05) is 23.8 Å². The van der Waals surface area contributed by atoms with Gasteiger partial charge in [0.25, 0.3) is 9.05 Å². The van der Waals surface area contributed by atoms with Crippen LogP contribution in [-0.2, 0) is 20.4 Å². The van der Waals surface area contributed by atoms with E-state index >= 15 is 0 Å². The molecule has 0 aliphatic carbocycles. The number of amides is 1. The third-order valence-electron chi connectivity index (χ3n) is 1.60. The molecule has 1 rings (SSSR count). The molecule has 15 heavy (non-hydrogen) atoms. The average Bonchev–Trinajstić information content (AvgIpc) is 2.14. The van der Waals surface area contributed by atoms with E-state index in [1.807, 2.05) is 0 Å². The molecule has 1 N–H and O–H groups in total. The standard InChI is InChI=1S/C8H9ClN2O3S/c1-6(12)10-4-7-2-3-8(5-11-7)15(9,13)14/h2-3,5H,4H2,1H3,(H,10,12). The number of hydrogen-bond donors (Lipinski definition) is 1. The van der Waals surface area contributed by atoms with Crippen molar-refractivity contribution in [2.45, 2.75) is 18.4 Å². The second kappa shape index (κ2) is 4.59. The van der Waals surface area contributed by atoms with E-state index in [0.29, 0.717) is 5.69 Å². The van der Waals surface area contributed by atoms with Crippen LogP contribution in [0.25, 0.3) is 0 Å². The number of carbonyl (C=O) groups is 1. The van der Waals surface area contributed by atoms with Crippen molar-refractivity contribution in [1.29, 1.82) is 0 Å². The average molecular weight is 249 g/mol. The molecule has 0 fully saturated rings. The molecule has 1 aromatic rings. The molecular formula is C8H9ClN2O3S. The van der Waals surface area contributed by atoms with Crippen molar-refractivity contribution >= 4 is 25.6 Å². The van der Waals surface area contributed by atoms with E-state index in [9.17, 15) is 13.2 Å². The van der Waals surface area contributed by atoms with Crippen LogP contribution in [-0.4, -0.2) is 19.3 Å². The number of halogens is 1. The van der Waals surface area contributed by atoms with E-state index in [0.717, 1.165) is 6.20 Å². The van der Waals surface area contributed by atoms with Crippen molar-refractivity contribution in [3.63, 3.8) is 0 Å². The molecule has 7 heteroatoms. The summed E-state index contributed by atoms with van der Waals surface area (Å²) in [5.41, 5.74) is 0.564. The highest BCUT2D eigenvalue weighted by molar-refractivity contribution is 8.13. The Labute approximate surface area is 91.9 Å². The van der Waals surface area contributed by atoms with Gasteiger partial charge in [-0.2, -0.15) is 0 Å². The van der Waals surface area contributed by atoms with Crippen LogP contribution in [0.1, 0.15) is 12.6 Å². The highest BCUT2D eigenvalue weighted by Crippen LogP contribution is 2.13. The summed E-state index contributed by atoms with van der Waals surface area (Å²) in [6, 6.07) is 2.83. The minimum absolute atomic E-state index is 0.0595. The summed E-state index contributed by atoms with van der Waals surface area (Å²) in [7, 11) is 1.37. The molecular weight excluding hydrogens is 240 g/mol. The van der Waals surface area contributed by atoms with Crippen LogP contribution < -0.4 is 5.32 Å². The smallest absolute Gasteiger partial charge is 0.262 e. The maximum Gasteiger partial charge on any atom is 0.262 e. The second-order valence-corrected chi connectivity index (χ2v) is 5.40. The summed E-state index contributed by atoms with van der Waals surface area (Å²) >= 11 is 0. The Morgan fingerprint density at radius 3 is 2.60 bits per heavy atom. The number of nitrogens with zero attached hydrogens (tertiary/aromatic N) is 1. The van der Waals surface area contributed by atoms with Crippen LogP contribution >= 0.6 is 10.7 Å². The van der Waals surface area contributed by atoms with Crippen molar-refractivity contribution in [3.8, 4) is 0 Å². The molecule has 0 bridgehead atoms. The first-order valence-corrected chi connectivity index (χ1v) is 6.34. The van der Waals surface area contributed by atoms with Gasteiger partial charge in [-0.3, -0.25) is 9.78 Å². The number of carbonyl (C=O) groups excluding carboxylic acids is 1. The molecule has 0 atom stereocenters. The summed E-state index contributed by atoms with van der Waals surface area (Å²) in [5.74, 6) is -0.175. The first kappa shape index (κ1) is 11.9. The van der Waals surface area contributed by atoms with Crippen LogP contribution in [0.2, 0.25) is 0 Å². The van der Waals surface area contributed by atoms with Crippen LogP contribution in [0.15, 0.2) is 23.2 Å². The van der Waals surface area contributed by atoms with Crippen molar-refractivity contribution in [1.82, 2.24) is 10.3 Å². The lowest BCUT2D eigenvalue weighted by molar-refractivity contribution is -0.119. The summed E-state index contributed by atoms with van der Waals surface area (Å²) in [6.45, 7) is 1.65. The molecule has 0 spiro atoms. The molecule has 0 radical (unpaired) electrons. The molecule has 1 amide bonds. The van der Waals surface area contributed by atoms with Crippen molar-refractivity contribution in [3.05, 3.63) is 24.0 Å². The van der Waals surface area contributed by atoms with E-state index in [2.05, 4.69) is 10.3 Å². The molecule has 0 aliphatic heterocycles. The molecule has 1 heterocycles. The monoisotopic (exact) mass is 248 g/mol. The fourth-order valence-corrected chi connectivity index (χ4v) is 1.56. The van der Waals surface area contributed by atoms with Gasteiger partial charge in [0.2, 0.25) is 5.91 Å². The highest BCUT2D eigenvalue weighted by Gasteiger charge is 2.09. The van der Waals surface area contributed by atoms with Gasteiger partial charge in [0.15, 0.2) is 0 Å². The zero-order valence-electron chi connectivity index (χ0n) is 7.90. The largest absolute Gasteiger partial charge is 0.351 e.